The van der Waals surface area contributed by atoms with E-state index in [-0.39, 0.29) is 29.8 Å². The highest BCUT2D eigenvalue weighted by Crippen LogP contribution is 2.32. The number of rotatable bonds is 5. The van der Waals surface area contributed by atoms with Crippen LogP contribution >= 0.6 is 0 Å². The number of piperazine rings is 1. The van der Waals surface area contributed by atoms with Crippen LogP contribution in [0, 0.1) is 10.1 Å². The fourth-order valence-corrected chi connectivity index (χ4v) is 2.08. The smallest absolute Gasteiger partial charge is 0.353 e. The maximum atomic E-state index is 11.8. The maximum Gasteiger partial charge on any atom is 0.353 e. The van der Waals surface area contributed by atoms with Gasteiger partial charge in [0.25, 0.3) is 0 Å². The molecule has 0 unspecified atom stereocenters. The van der Waals surface area contributed by atoms with Gasteiger partial charge in [0.1, 0.15) is 6.33 Å². The first kappa shape index (κ1) is 14.9. The summed E-state index contributed by atoms with van der Waals surface area (Å²) in [5.74, 6) is 0.297. The Kier molecular flexibility index (Phi) is 4.51. The zero-order valence-corrected chi connectivity index (χ0v) is 12.1. The summed E-state index contributed by atoms with van der Waals surface area (Å²) in [6.07, 6.45) is 2.10. The lowest BCUT2D eigenvalue weighted by molar-refractivity contribution is -0.383. The van der Waals surface area contributed by atoms with E-state index in [0.717, 1.165) is 6.42 Å². The van der Waals surface area contributed by atoms with Crippen molar-refractivity contribution in [2.75, 3.05) is 43.4 Å². The molecule has 0 bridgehead atoms. The quantitative estimate of drug-likeness (QED) is 0.622. The average Bonchev–Trinajstić information content (AvgIpc) is 2.47. The number of hydrogen-bond acceptors (Lipinski definition) is 7. The van der Waals surface area contributed by atoms with E-state index in [2.05, 4.69) is 15.3 Å². The standard InChI is InChI=1S/C12H18N6O3/c1-3-4-13-11-10(18(20)21)12(15-8-14-11)17-6-5-16(2)9(19)7-17/h8H,3-7H2,1-2H3,(H,13,14,15). The van der Waals surface area contributed by atoms with Crippen molar-refractivity contribution >= 4 is 23.2 Å². The molecule has 0 aliphatic carbocycles. The molecule has 1 amide bonds. The van der Waals surface area contributed by atoms with Crippen molar-refractivity contribution in [2.45, 2.75) is 13.3 Å². The van der Waals surface area contributed by atoms with E-state index in [1.807, 2.05) is 6.92 Å². The van der Waals surface area contributed by atoms with Crippen molar-refractivity contribution < 1.29 is 9.72 Å². The Morgan fingerprint density at radius 1 is 1.43 bits per heavy atom. The van der Waals surface area contributed by atoms with Gasteiger partial charge >= 0.3 is 5.69 Å². The molecule has 1 fully saturated rings. The molecule has 1 N–H and O–H groups in total. The SMILES string of the molecule is CCCNc1ncnc(N2CCN(C)C(=O)C2)c1[N+](=O)[O-]. The van der Waals surface area contributed by atoms with Crippen molar-refractivity contribution in [1.82, 2.24) is 14.9 Å². The number of likely N-dealkylation sites (N-methyl/N-ethyl adjacent to an activating group) is 1. The number of anilines is 2. The molecular weight excluding hydrogens is 276 g/mol. The highest BCUT2D eigenvalue weighted by atomic mass is 16.6. The van der Waals surface area contributed by atoms with Crippen molar-refractivity contribution in [3.63, 3.8) is 0 Å². The number of nitrogens with one attached hydrogen (secondary N) is 1. The monoisotopic (exact) mass is 294 g/mol. The summed E-state index contributed by atoms with van der Waals surface area (Å²) in [7, 11) is 1.71. The number of carbonyl (C=O) groups is 1. The van der Waals surface area contributed by atoms with Gasteiger partial charge in [0.2, 0.25) is 17.5 Å². The van der Waals surface area contributed by atoms with E-state index < -0.39 is 4.92 Å². The normalized spacial score (nSPS) is 15.2. The predicted octanol–water partition coefficient (Wildman–Crippen LogP) is 0.485. The van der Waals surface area contributed by atoms with Crippen LogP contribution in [0.25, 0.3) is 0 Å². The molecule has 1 saturated heterocycles. The molecule has 2 heterocycles. The number of hydrogen-bond donors (Lipinski definition) is 1. The van der Waals surface area contributed by atoms with Crippen LogP contribution in [0.2, 0.25) is 0 Å². The van der Waals surface area contributed by atoms with Gasteiger partial charge in [-0.25, -0.2) is 9.97 Å². The minimum atomic E-state index is -0.504. The Morgan fingerprint density at radius 2 is 2.19 bits per heavy atom. The predicted molar refractivity (Wildman–Crippen MR) is 77.3 cm³/mol. The van der Waals surface area contributed by atoms with E-state index in [0.29, 0.717) is 19.6 Å². The van der Waals surface area contributed by atoms with Gasteiger partial charge < -0.3 is 15.1 Å². The zero-order valence-electron chi connectivity index (χ0n) is 12.1. The van der Waals surface area contributed by atoms with E-state index >= 15 is 0 Å². The Morgan fingerprint density at radius 3 is 2.81 bits per heavy atom. The number of nitrogens with zero attached hydrogens (tertiary/aromatic N) is 5. The minimum Gasteiger partial charge on any atom is -0.364 e. The van der Waals surface area contributed by atoms with Crippen LogP contribution in [0.3, 0.4) is 0 Å². The van der Waals surface area contributed by atoms with Gasteiger partial charge in [-0.1, -0.05) is 6.92 Å². The van der Waals surface area contributed by atoms with Crippen LogP contribution in [0.5, 0.6) is 0 Å². The summed E-state index contributed by atoms with van der Waals surface area (Å²) in [5.41, 5.74) is -0.177. The highest BCUT2D eigenvalue weighted by Gasteiger charge is 2.30. The molecule has 1 aromatic heterocycles. The summed E-state index contributed by atoms with van der Waals surface area (Å²) in [5, 5.41) is 14.3. The number of nitro groups is 1. The Labute approximate surface area is 122 Å². The molecule has 0 atom stereocenters. The lowest BCUT2D eigenvalue weighted by Gasteiger charge is -2.32. The van der Waals surface area contributed by atoms with Crippen molar-refractivity contribution in [2.24, 2.45) is 0 Å². The van der Waals surface area contributed by atoms with Crippen LogP contribution in [-0.2, 0) is 4.79 Å². The molecule has 9 heteroatoms. The van der Waals surface area contributed by atoms with Crippen molar-refractivity contribution in [3.05, 3.63) is 16.4 Å². The summed E-state index contributed by atoms with van der Waals surface area (Å²) in [4.78, 5) is 33.8. The molecule has 0 aromatic carbocycles. The van der Waals surface area contributed by atoms with Gasteiger partial charge in [-0.15, -0.1) is 0 Å². The van der Waals surface area contributed by atoms with E-state index in [4.69, 9.17) is 0 Å². The molecular formula is C12H18N6O3. The van der Waals surface area contributed by atoms with E-state index in [1.165, 1.54) is 6.33 Å². The van der Waals surface area contributed by atoms with Crippen molar-refractivity contribution in [3.8, 4) is 0 Å². The zero-order chi connectivity index (χ0) is 15.4. The summed E-state index contributed by atoms with van der Waals surface area (Å²) in [6.45, 7) is 3.64. The summed E-state index contributed by atoms with van der Waals surface area (Å²) >= 11 is 0. The van der Waals surface area contributed by atoms with Gasteiger partial charge in [0.05, 0.1) is 11.5 Å². The maximum absolute atomic E-state index is 11.8. The molecule has 2 rings (SSSR count). The first-order valence-electron chi connectivity index (χ1n) is 6.76. The topological polar surface area (TPSA) is 104 Å². The van der Waals surface area contributed by atoms with Gasteiger partial charge in [0.15, 0.2) is 0 Å². The second-order valence-corrected chi connectivity index (χ2v) is 4.82. The van der Waals surface area contributed by atoms with Crippen LogP contribution < -0.4 is 10.2 Å². The first-order chi connectivity index (χ1) is 10.0. The molecule has 1 aliphatic rings. The Hall–Kier alpha value is -2.45. The Bertz CT molecular complexity index is 550. The van der Waals surface area contributed by atoms with Gasteiger partial charge in [-0.05, 0) is 6.42 Å². The number of carbonyl (C=O) groups excluding carboxylic acids is 1. The van der Waals surface area contributed by atoms with Gasteiger partial charge in [-0.2, -0.15) is 0 Å². The highest BCUT2D eigenvalue weighted by molar-refractivity contribution is 5.84. The van der Waals surface area contributed by atoms with Crippen LogP contribution in [0.4, 0.5) is 17.3 Å². The third-order valence-corrected chi connectivity index (χ3v) is 3.28. The number of aromatic nitrogens is 2. The molecule has 1 aromatic rings. The van der Waals surface area contributed by atoms with Gasteiger partial charge in [-0.3, -0.25) is 14.9 Å². The Balaban J connectivity index is 2.34. The largest absolute Gasteiger partial charge is 0.364 e. The van der Waals surface area contributed by atoms with Crippen LogP contribution in [0.1, 0.15) is 13.3 Å². The fourth-order valence-electron chi connectivity index (χ4n) is 2.08. The molecule has 9 nitrogen and oxygen atoms in total. The number of amides is 1. The summed E-state index contributed by atoms with van der Waals surface area (Å²) < 4.78 is 0. The molecule has 0 radical (unpaired) electrons. The third-order valence-electron chi connectivity index (χ3n) is 3.28. The second-order valence-electron chi connectivity index (χ2n) is 4.82. The lowest BCUT2D eigenvalue weighted by Crippen LogP contribution is -2.49. The fraction of sp³-hybridized carbons (Fsp3) is 0.583. The lowest BCUT2D eigenvalue weighted by atomic mass is 10.3. The molecule has 21 heavy (non-hydrogen) atoms. The first-order valence-corrected chi connectivity index (χ1v) is 6.76. The average molecular weight is 294 g/mol. The van der Waals surface area contributed by atoms with E-state index in [1.54, 1.807) is 16.8 Å². The molecule has 0 spiro atoms. The van der Waals surface area contributed by atoms with Crippen molar-refractivity contribution in [1.29, 1.82) is 0 Å². The third kappa shape index (κ3) is 3.18. The molecule has 1 aliphatic heterocycles. The minimum absolute atomic E-state index is 0.0849. The van der Waals surface area contributed by atoms with Crippen LogP contribution in [-0.4, -0.2) is 58.9 Å². The summed E-state index contributed by atoms with van der Waals surface area (Å²) in [6, 6.07) is 0. The molecule has 0 saturated carbocycles. The van der Waals surface area contributed by atoms with Gasteiger partial charge in [0, 0.05) is 26.7 Å². The van der Waals surface area contributed by atoms with Crippen LogP contribution in [0.15, 0.2) is 6.33 Å². The molecule has 114 valence electrons. The second kappa shape index (κ2) is 6.33. The van der Waals surface area contributed by atoms with E-state index in [9.17, 15) is 14.9 Å².